The molecule has 1 amide bonds. The minimum absolute atomic E-state index is 0.0232. The number of anilines is 2. The van der Waals surface area contributed by atoms with Gasteiger partial charge in [0, 0.05) is 34.3 Å². The van der Waals surface area contributed by atoms with Crippen molar-refractivity contribution < 1.29 is 18.2 Å². The summed E-state index contributed by atoms with van der Waals surface area (Å²) in [6, 6.07) is 21.1. The molecule has 0 bridgehead atoms. The van der Waals surface area contributed by atoms with Gasteiger partial charge in [-0.15, -0.1) is 0 Å². The lowest BCUT2D eigenvalue weighted by atomic mass is 10.00. The van der Waals surface area contributed by atoms with Crippen LogP contribution in [0.3, 0.4) is 0 Å². The number of amides is 1. The molecular formula is C34H27FN6O3. The molecule has 0 spiro atoms. The van der Waals surface area contributed by atoms with Crippen LogP contribution in [-0.4, -0.2) is 26.2 Å². The van der Waals surface area contributed by atoms with Crippen molar-refractivity contribution in [2.45, 2.75) is 20.8 Å². The predicted octanol–water partition coefficient (Wildman–Crippen LogP) is 7.68. The zero-order valence-electron chi connectivity index (χ0n) is 24.1. The van der Waals surface area contributed by atoms with Crippen LogP contribution >= 0.6 is 0 Å². The number of nitrogens with zero attached hydrogens (tertiary/aromatic N) is 4. The summed E-state index contributed by atoms with van der Waals surface area (Å²) >= 11 is 0. The number of benzene rings is 3. The maximum Gasteiger partial charge on any atom is 0.259 e. The molecule has 3 aromatic carbocycles. The lowest BCUT2D eigenvalue weighted by Gasteiger charge is -2.08. The third kappa shape index (κ3) is 5.73. The average Bonchev–Trinajstić information content (AvgIpc) is 3.63. The van der Waals surface area contributed by atoms with Crippen molar-refractivity contribution in [1.82, 2.24) is 20.3 Å². The van der Waals surface area contributed by atoms with E-state index < -0.39 is 11.7 Å². The molecule has 44 heavy (non-hydrogen) atoms. The van der Waals surface area contributed by atoms with Crippen LogP contribution < -0.4 is 11.1 Å². The van der Waals surface area contributed by atoms with E-state index in [-0.39, 0.29) is 5.56 Å². The number of fused-ring (bicyclic) bond motifs is 2. The number of aromatic nitrogens is 4. The summed E-state index contributed by atoms with van der Waals surface area (Å²) in [6.45, 7) is 6.00. The molecule has 0 unspecified atom stereocenters. The van der Waals surface area contributed by atoms with E-state index >= 15 is 0 Å². The van der Waals surface area contributed by atoms with Crippen LogP contribution in [0.4, 0.5) is 16.0 Å². The summed E-state index contributed by atoms with van der Waals surface area (Å²) in [6.07, 6.45) is 5.10. The second kappa shape index (κ2) is 11.8. The summed E-state index contributed by atoms with van der Waals surface area (Å²) < 4.78 is 24.2. The highest BCUT2D eigenvalue weighted by molar-refractivity contribution is 6.04. The number of nitrogen functional groups attached to an aromatic ring is 1. The number of carbonyl (C=O) groups excluding carboxylic acids is 1. The predicted molar refractivity (Wildman–Crippen MR) is 167 cm³/mol. The molecule has 0 radical (unpaired) electrons. The van der Waals surface area contributed by atoms with Crippen molar-refractivity contribution in [3.63, 3.8) is 0 Å². The van der Waals surface area contributed by atoms with Gasteiger partial charge in [-0.05, 0) is 104 Å². The van der Waals surface area contributed by atoms with Gasteiger partial charge in [-0.25, -0.2) is 14.4 Å². The van der Waals surface area contributed by atoms with E-state index in [9.17, 15) is 9.18 Å². The fraction of sp³-hybridized carbons (Fsp3) is 0.0882. The molecular weight excluding hydrogens is 559 g/mol. The van der Waals surface area contributed by atoms with Crippen LogP contribution in [0.15, 0.2) is 100 Å². The highest BCUT2D eigenvalue weighted by Crippen LogP contribution is 2.30. The van der Waals surface area contributed by atoms with Gasteiger partial charge in [-0.1, -0.05) is 22.4 Å². The highest BCUT2D eigenvalue weighted by Gasteiger charge is 2.13. The third-order valence-electron chi connectivity index (χ3n) is 7.23. The Kier molecular flexibility index (Phi) is 7.55. The molecule has 7 rings (SSSR count). The van der Waals surface area contributed by atoms with Crippen LogP contribution in [0.2, 0.25) is 0 Å². The lowest BCUT2D eigenvalue weighted by molar-refractivity contribution is 0.102. The zero-order chi connectivity index (χ0) is 30.8. The zero-order valence-corrected chi connectivity index (χ0v) is 24.1. The molecule has 0 atom stereocenters. The lowest BCUT2D eigenvalue weighted by Crippen LogP contribution is -2.14. The largest absolute Gasteiger partial charge is 0.384 e. The number of nitrogens with two attached hydrogens (primary N) is 1. The maximum atomic E-state index is 13.7. The number of pyridine rings is 2. The van der Waals surface area contributed by atoms with Gasteiger partial charge in [0.1, 0.15) is 17.5 Å². The van der Waals surface area contributed by atoms with Crippen molar-refractivity contribution in [2.75, 3.05) is 11.1 Å². The topological polar surface area (TPSA) is 133 Å². The number of rotatable bonds is 4. The van der Waals surface area contributed by atoms with Gasteiger partial charge in [-0.3, -0.25) is 4.79 Å². The Morgan fingerprint density at radius 2 is 1.50 bits per heavy atom. The SMILES string of the molecule is Cc1cc2c(C)noc2cc1-c1ccc(N)nc1.Cc1cc2cnoc2cc1-c1ccc(NC(=O)c2ccccc2F)nc1. The number of hydrogen-bond donors (Lipinski definition) is 2. The molecule has 4 heterocycles. The minimum Gasteiger partial charge on any atom is -0.384 e. The molecule has 0 saturated carbocycles. The molecule has 0 aliphatic carbocycles. The fourth-order valence-corrected chi connectivity index (χ4v) is 4.89. The number of carbonyl (C=O) groups is 1. The summed E-state index contributed by atoms with van der Waals surface area (Å²) in [5.41, 5.74) is 14.2. The smallest absolute Gasteiger partial charge is 0.259 e. The average molecular weight is 587 g/mol. The Morgan fingerprint density at radius 3 is 2.20 bits per heavy atom. The van der Waals surface area contributed by atoms with Crippen molar-refractivity contribution in [2.24, 2.45) is 0 Å². The van der Waals surface area contributed by atoms with E-state index in [1.807, 2.05) is 44.2 Å². The maximum absolute atomic E-state index is 13.7. The van der Waals surface area contributed by atoms with Crippen LogP contribution in [0.1, 0.15) is 27.2 Å². The summed E-state index contributed by atoms with van der Waals surface area (Å²) in [7, 11) is 0. The first-order valence-corrected chi connectivity index (χ1v) is 13.7. The van der Waals surface area contributed by atoms with Crippen LogP contribution in [0.25, 0.3) is 44.2 Å². The van der Waals surface area contributed by atoms with E-state index in [1.54, 1.807) is 36.8 Å². The monoisotopic (exact) mass is 586 g/mol. The number of hydrogen-bond acceptors (Lipinski definition) is 8. The second-order valence-corrected chi connectivity index (χ2v) is 10.3. The van der Waals surface area contributed by atoms with E-state index in [2.05, 4.69) is 38.6 Å². The van der Waals surface area contributed by atoms with Crippen molar-refractivity contribution >= 4 is 39.5 Å². The van der Waals surface area contributed by atoms with Gasteiger partial charge in [-0.2, -0.15) is 0 Å². The van der Waals surface area contributed by atoms with E-state index in [0.29, 0.717) is 17.2 Å². The van der Waals surface area contributed by atoms with Crippen LogP contribution in [-0.2, 0) is 0 Å². The number of aryl methyl sites for hydroxylation is 3. The Morgan fingerprint density at radius 1 is 0.795 bits per heavy atom. The van der Waals surface area contributed by atoms with E-state index in [4.69, 9.17) is 14.8 Å². The van der Waals surface area contributed by atoms with Gasteiger partial charge in [0.05, 0.1) is 17.5 Å². The first kappa shape index (κ1) is 28.2. The molecule has 0 aliphatic heterocycles. The molecule has 9 nitrogen and oxygen atoms in total. The third-order valence-corrected chi connectivity index (χ3v) is 7.23. The van der Waals surface area contributed by atoms with Gasteiger partial charge in [0.15, 0.2) is 11.2 Å². The van der Waals surface area contributed by atoms with Crippen molar-refractivity contribution in [1.29, 1.82) is 0 Å². The minimum atomic E-state index is -0.572. The Balaban J connectivity index is 0.000000167. The normalized spacial score (nSPS) is 10.9. The van der Waals surface area contributed by atoms with Gasteiger partial charge in [0.25, 0.3) is 5.91 Å². The summed E-state index contributed by atoms with van der Waals surface area (Å²) in [5, 5.41) is 12.4. The second-order valence-electron chi connectivity index (χ2n) is 10.3. The number of halogens is 1. The Bertz CT molecular complexity index is 2120. The molecule has 4 aromatic heterocycles. The summed E-state index contributed by atoms with van der Waals surface area (Å²) in [4.78, 5) is 20.5. The quantitative estimate of drug-likeness (QED) is 0.215. The summed E-state index contributed by atoms with van der Waals surface area (Å²) in [5.74, 6) is -0.242. The fourth-order valence-electron chi connectivity index (χ4n) is 4.89. The first-order chi connectivity index (χ1) is 21.3. The standard InChI is InChI=1S/C20H14FN3O2.C14H13N3O/c1-12-8-14-11-23-26-18(14)9-16(12)13-6-7-19(22-10-13)24-20(25)15-4-2-3-5-17(15)21;1-8-5-12-9(2)17-18-13(12)6-11(8)10-3-4-14(15)16-7-10/h2-11H,1H3,(H,22,24,25);3-7H,1-2H3,(H2,15,16). The molecule has 0 fully saturated rings. The Labute approximate surface area is 251 Å². The van der Waals surface area contributed by atoms with Crippen LogP contribution in [0.5, 0.6) is 0 Å². The molecule has 218 valence electrons. The van der Waals surface area contributed by atoms with E-state index in [0.717, 1.165) is 49.9 Å². The van der Waals surface area contributed by atoms with Gasteiger partial charge >= 0.3 is 0 Å². The van der Waals surface area contributed by atoms with Gasteiger partial charge < -0.3 is 20.1 Å². The molecule has 3 N–H and O–H groups in total. The molecule has 0 aliphatic rings. The molecule has 0 saturated heterocycles. The number of nitrogens with one attached hydrogen (secondary N) is 1. The Hall–Kier alpha value is -5.90. The first-order valence-electron chi connectivity index (χ1n) is 13.7. The highest BCUT2D eigenvalue weighted by atomic mass is 19.1. The molecule has 10 heteroatoms. The molecule has 7 aromatic rings. The van der Waals surface area contributed by atoms with Crippen LogP contribution in [0, 0.1) is 26.6 Å². The van der Waals surface area contributed by atoms with E-state index in [1.165, 1.54) is 23.8 Å². The van der Waals surface area contributed by atoms with Gasteiger partial charge in [0.2, 0.25) is 0 Å². The van der Waals surface area contributed by atoms with Crippen molar-refractivity contribution in [3.8, 4) is 22.3 Å². The van der Waals surface area contributed by atoms with Crippen molar-refractivity contribution in [3.05, 3.63) is 120 Å².